The number of anilines is 1. The number of aromatic nitrogens is 1. The Hall–Kier alpha value is -1.82. The van der Waals surface area contributed by atoms with Crippen LogP contribution < -0.4 is 10.6 Å². The Bertz CT molecular complexity index is 502. The van der Waals surface area contributed by atoms with Gasteiger partial charge in [0.25, 0.3) is 0 Å². The molecular formula is C14H23N5O. The number of hydrogen-bond donors (Lipinski definition) is 2. The monoisotopic (exact) mass is 277 g/mol. The topological polar surface area (TPSA) is 78.0 Å². The summed E-state index contributed by atoms with van der Waals surface area (Å²) in [7, 11) is 0. The van der Waals surface area contributed by atoms with E-state index in [1.165, 1.54) is 0 Å². The van der Waals surface area contributed by atoms with Gasteiger partial charge < -0.3 is 15.8 Å². The van der Waals surface area contributed by atoms with Crippen molar-refractivity contribution < 1.29 is 5.21 Å². The fourth-order valence-corrected chi connectivity index (χ4v) is 2.69. The summed E-state index contributed by atoms with van der Waals surface area (Å²) in [5, 5.41) is 11.9. The zero-order valence-electron chi connectivity index (χ0n) is 12.4. The number of rotatable bonds is 3. The van der Waals surface area contributed by atoms with E-state index in [0.717, 1.165) is 37.7 Å². The Morgan fingerprint density at radius 1 is 1.50 bits per heavy atom. The molecule has 0 aromatic carbocycles. The zero-order valence-corrected chi connectivity index (χ0v) is 12.4. The van der Waals surface area contributed by atoms with E-state index in [0.29, 0.717) is 11.6 Å². The molecule has 1 saturated heterocycles. The van der Waals surface area contributed by atoms with Gasteiger partial charge in [-0.2, -0.15) is 0 Å². The largest absolute Gasteiger partial charge is 0.409 e. The van der Waals surface area contributed by atoms with Gasteiger partial charge in [-0.1, -0.05) is 12.1 Å². The zero-order chi connectivity index (χ0) is 14.7. The molecule has 0 spiro atoms. The number of hydrogen-bond acceptors (Lipinski definition) is 5. The van der Waals surface area contributed by atoms with E-state index in [4.69, 9.17) is 10.9 Å². The van der Waals surface area contributed by atoms with Gasteiger partial charge in [-0.15, -0.1) is 0 Å². The van der Waals surface area contributed by atoms with Crippen LogP contribution in [0.25, 0.3) is 0 Å². The Morgan fingerprint density at radius 2 is 2.25 bits per heavy atom. The van der Waals surface area contributed by atoms with Crippen molar-refractivity contribution in [1.29, 1.82) is 0 Å². The summed E-state index contributed by atoms with van der Waals surface area (Å²) in [6.07, 6.45) is 0. The van der Waals surface area contributed by atoms with Gasteiger partial charge in [0, 0.05) is 36.9 Å². The summed E-state index contributed by atoms with van der Waals surface area (Å²) in [6, 6.07) is 4.21. The van der Waals surface area contributed by atoms with Crippen molar-refractivity contribution in [3.8, 4) is 0 Å². The van der Waals surface area contributed by atoms with Crippen LogP contribution in [0, 0.1) is 6.92 Å². The highest BCUT2D eigenvalue weighted by Crippen LogP contribution is 2.19. The van der Waals surface area contributed by atoms with E-state index in [2.05, 4.69) is 33.8 Å². The smallest absolute Gasteiger partial charge is 0.170 e. The van der Waals surface area contributed by atoms with Crippen LogP contribution >= 0.6 is 0 Å². The number of nitrogens with zero attached hydrogens (tertiary/aromatic N) is 4. The number of pyridine rings is 1. The molecule has 0 amide bonds. The third-order valence-electron chi connectivity index (χ3n) is 3.84. The van der Waals surface area contributed by atoms with Crippen molar-refractivity contribution in [2.75, 3.05) is 31.1 Å². The Labute approximate surface area is 119 Å². The van der Waals surface area contributed by atoms with Crippen molar-refractivity contribution in [1.82, 2.24) is 9.88 Å². The minimum absolute atomic E-state index is 0.122. The minimum atomic E-state index is 0.122. The first-order valence-corrected chi connectivity index (χ1v) is 7.00. The molecule has 1 aromatic heterocycles. The molecule has 0 saturated carbocycles. The molecule has 3 N–H and O–H groups in total. The van der Waals surface area contributed by atoms with Crippen LogP contribution in [0.15, 0.2) is 17.3 Å². The summed E-state index contributed by atoms with van der Waals surface area (Å²) in [5.74, 6) is 1.02. The maximum atomic E-state index is 8.81. The van der Waals surface area contributed by atoms with Crippen LogP contribution in [0.3, 0.4) is 0 Å². The lowest BCUT2D eigenvalue weighted by Gasteiger charge is -2.40. The van der Waals surface area contributed by atoms with Gasteiger partial charge in [0.05, 0.1) is 0 Å². The van der Waals surface area contributed by atoms with Crippen molar-refractivity contribution >= 4 is 11.7 Å². The normalized spacial score (nSPS) is 21.2. The second-order valence-electron chi connectivity index (χ2n) is 5.26. The molecule has 0 aliphatic carbocycles. The van der Waals surface area contributed by atoms with Gasteiger partial charge in [-0.25, -0.2) is 4.98 Å². The number of oxime groups is 1. The number of likely N-dealkylation sites (N-methyl/N-ethyl adjacent to an activating group) is 1. The molecule has 6 nitrogen and oxygen atoms in total. The first-order valence-electron chi connectivity index (χ1n) is 7.00. The second-order valence-corrected chi connectivity index (χ2v) is 5.26. The molecule has 20 heavy (non-hydrogen) atoms. The number of amidine groups is 1. The molecule has 1 aromatic rings. The molecule has 6 heteroatoms. The van der Waals surface area contributed by atoms with Crippen molar-refractivity contribution in [3.63, 3.8) is 0 Å². The lowest BCUT2D eigenvalue weighted by Crippen LogP contribution is -2.52. The maximum Gasteiger partial charge on any atom is 0.170 e. The molecule has 1 aliphatic heterocycles. The number of piperazine rings is 1. The van der Waals surface area contributed by atoms with Crippen LogP contribution in [0.2, 0.25) is 0 Å². The van der Waals surface area contributed by atoms with Crippen molar-refractivity contribution in [2.24, 2.45) is 10.9 Å². The molecule has 1 unspecified atom stereocenters. The van der Waals surface area contributed by atoms with Crippen molar-refractivity contribution in [2.45, 2.75) is 26.8 Å². The molecule has 1 fully saturated rings. The summed E-state index contributed by atoms with van der Waals surface area (Å²) in [6.45, 7) is 10.3. The van der Waals surface area contributed by atoms with Gasteiger partial charge in [-0.3, -0.25) is 4.90 Å². The van der Waals surface area contributed by atoms with Gasteiger partial charge in [0.15, 0.2) is 5.84 Å². The predicted octanol–water partition coefficient (Wildman–Crippen LogP) is 1.01. The molecule has 1 atom stereocenters. The van der Waals surface area contributed by atoms with E-state index >= 15 is 0 Å². The summed E-state index contributed by atoms with van der Waals surface area (Å²) < 4.78 is 0. The van der Waals surface area contributed by atoms with Crippen LogP contribution in [-0.4, -0.2) is 53.1 Å². The fraction of sp³-hybridized carbons (Fsp3) is 0.571. The predicted molar refractivity (Wildman–Crippen MR) is 80.4 cm³/mol. The van der Waals surface area contributed by atoms with Gasteiger partial charge in [-0.05, 0) is 32.5 Å². The number of aryl methyl sites for hydroxylation is 1. The Kier molecular flexibility index (Phi) is 4.44. The van der Waals surface area contributed by atoms with E-state index in [9.17, 15) is 0 Å². The van der Waals surface area contributed by atoms with Gasteiger partial charge in [0.2, 0.25) is 0 Å². The standard InChI is InChI=1S/C14H23N5O/c1-4-18-5-6-19(9-11(18)3)13-8-12(14(15)17-20)7-10(2)16-13/h7-8,11,20H,4-6,9H2,1-3H3,(H2,15,17). The lowest BCUT2D eigenvalue weighted by molar-refractivity contribution is 0.199. The first kappa shape index (κ1) is 14.6. The molecule has 110 valence electrons. The van der Waals surface area contributed by atoms with Gasteiger partial charge >= 0.3 is 0 Å². The highest BCUT2D eigenvalue weighted by Gasteiger charge is 2.23. The van der Waals surface area contributed by atoms with Crippen molar-refractivity contribution in [3.05, 3.63) is 23.4 Å². The fourth-order valence-electron chi connectivity index (χ4n) is 2.69. The number of nitrogens with two attached hydrogens (primary N) is 1. The van der Waals surface area contributed by atoms with Crippen LogP contribution in [0.1, 0.15) is 25.1 Å². The minimum Gasteiger partial charge on any atom is -0.409 e. The average Bonchev–Trinajstić information content (AvgIpc) is 2.45. The average molecular weight is 277 g/mol. The van der Waals surface area contributed by atoms with E-state index in [1.807, 2.05) is 19.1 Å². The Morgan fingerprint density at radius 3 is 2.85 bits per heavy atom. The van der Waals surface area contributed by atoms with Crippen LogP contribution in [0.4, 0.5) is 5.82 Å². The van der Waals surface area contributed by atoms with Crippen LogP contribution in [0.5, 0.6) is 0 Å². The third kappa shape index (κ3) is 3.01. The third-order valence-corrected chi connectivity index (χ3v) is 3.84. The summed E-state index contributed by atoms with van der Waals surface area (Å²) in [4.78, 5) is 9.29. The molecule has 1 aliphatic rings. The highest BCUT2D eigenvalue weighted by molar-refractivity contribution is 5.97. The van der Waals surface area contributed by atoms with Crippen LogP contribution in [-0.2, 0) is 0 Å². The second kappa shape index (κ2) is 6.09. The lowest BCUT2D eigenvalue weighted by atomic mass is 10.1. The first-order chi connectivity index (χ1) is 9.55. The Balaban J connectivity index is 2.23. The SMILES string of the molecule is CCN1CCN(c2cc(/C(N)=N/O)cc(C)n2)CC1C. The molecule has 0 bridgehead atoms. The van der Waals surface area contributed by atoms with Gasteiger partial charge in [0.1, 0.15) is 5.82 Å². The summed E-state index contributed by atoms with van der Waals surface area (Å²) in [5.41, 5.74) is 7.26. The highest BCUT2D eigenvalue weighted by atomic mass is 16.4. The van der Waals surface area contributed by atoms with E-state index < -0.39 is 0 Å². The van der Waals surface area contributed by atoms with E-state index in [1.54, 1.807) is 0 Å². The van der Waals surface area contributed by atoms with E-state index in [-0.39, 0.29) is 5.84 Å². The maximum absolute atomic E-state index is 8.81. The molecule has 2 heterocycles. The summed E-state index contributed by atoms with van der Waals surface area (Å²) >= 11 is 0. The molecular weight excluding hydrogens is 254 g/mol. The molecule has 2 rings (SSSR count). The molecule has 0 radical (unpaired) electrons. The quantitative estimate of drug-likeness (QED) is 0.373.